The number of benzene rings is 1. The van der Waals surface area contributed by atoms with Crippen LogP contribution in [0.25, 0.3) is 11.3 Å². The van der Waals surface area contributed by atoms with E-state index in [4.69, 9.17) is 4.74 Å². The van der Waals surface area contributed by atoms with E-state index in [-0.39, 0.29) is 11.3 Å². The average Bonchev–Trinajstić information content (AvgIpc) is 3.31. The zero-order valence-corrected chi connectivity index (χ0v) is 21.1. The molecule has 2 fully saturated rings. The molecule has 186 valence electrons. The van der Waals surface area contributed by atoms with Gasteiger partial charge < -0.3 is 10.1 Å². The Hall–Kier alpha value is -3.27. The third-order valence-electron chi connectivity index (χ3n) is 6.39. The second kappa shape index (κ2) is 9.41. The van der Waals surface area contributed by atoms with Gasteiger partial charge in [0.2, 0.25) is 0 Å². The summed E-state index contributed by atoms with van der Waals surface area (Å²) >= 11 is 1.26. The van der Waals surface area contributed by atoms with Crippen molar-refractivity contribution < 1.29 is 23.9 Å². The quantitative estimate of drug-likeness (QED) is 0.462. The Morgan fingerprint density at radius 3 is 2.66 bits per heavy atom. The van der Waals surface area contributed by atoms with Crippen molar-refractivity contribution in [1.82, 2.24) is 15.2 Å². The first-order valence-electron chi connectivity index (χ1n) is 11.6. The van der Waals surface area contributed by atoms with Gasteiger partial charge in [-0.05, 0) is 37.5 Å². The number of esters is 1. The van der Waals surface area contributed by atoms with Crippen LogP contribution in [0.1, 0.15) is 47.0 Å². The number of hydrogen-bond acceptors (Lipinski definition) is 7. The summed E-state index contributed by atoms with van der Waals surface area (Å²) in [5.41, 5.74) is 0.539. The fraction of sp³-hybridized carbons (Fsp3) is 0.480. The molecule has 1 aliphatic carbocycles. The zero-order chi connectivity index (χ0) is 25.4. The Labute approximate surface area is 208 Å². The highest BCUT2D eigenvalue weighted by Gasteiger charge is 2.56. The highest BCUT2D eigenvalue weighted by atomic mass is 32.1. The van der Waals surface area contributed by atoms with Gasteiger partial charge in [0, 0.05) is 10.9 Å². The molecule has 2 aromatic rings. The maximum atomic E-state index is 13.2. The van der Waals surface area contributed by atoms with Crippen molar-refractivity contribution in [2.75, 3.05) is 11.9 Å². The standard InChI is InChI=1S/C25H30N4O5S/c1-15-10-24(3,4)14-25(11-15)21(32)29(23(33)28-25)12-19(30)34-16(2)20(31)27-22-26-18(13-35-22)17-8-6-5-7-9-17/h5-9,13,15-16H,10-12,14H2,1-4H3,(H,28,33)(H,26,27,31). The van der Waals surface area contributed by atoms with Gasteiger partial charge in [-0.3, -0.25) is 24.6 Å². The van der Waals surface area contributed by atoms with Gasteiger partial charge in [-0.1, -0.05) is 51.1 Å². The lowest BCUT2D eigenvalue weighted by Crippen LogP contribution is -2.54. The lowest BCUT2D eigenvalue weighted by Gasteiger charge is -2.43. The molecule has 1 aromatic heterocycles. The number of nitrogens with one attached hydrogen (secondary N) is 2. The average molecular weight is 499 g/mol. The number of ether oxygens (including phenoxy) is 1. The van der Waals surface area contributed by atoms with Crippen LogP contribution in [0, 0.1) is 11.3 Å². The SMILES string of the molecule is CC1CC(C)(C)CC2(C1)NC(=O)N(CC(=O)OC(C)C(=O)Nc1nc(-c3ccccc3)cs1)C2=O. The molecule has 3 atom stereocenters. The second-order valence-electron chi connectivity index (χ2n) is 10.3. The smallest absolute Gasteiger partial charge is 0.327 e. The van der Waals surface area contributed by atoms with E-state index in [1.807, 2.05) is 35.7 Å². The highest BCUT2D eigenvalue weighted by molar-refractivity contribution is 7.14. The van der Waals surface area contributed by atoms with Crippen LogP contribution in [0.15, 0.2) is 35.7 Å². The number of hydrogen-bond donors (Lipinski definition) is 2. The summed E-state index contributed by atoms with van der Waals surface area (Å²) in [7, 11) is 0. The molecule has 1 spiro atoms. The van der Waals surface area contributed by atoms with Crippen LogP contribution in [0.4, 0.5) is 9.93 Å². The van der Waals surface area contributed by atoms with Gasteiger partial charge in [0.05, 0.1) is 5.69 Å². The van der Waals surface area contributed by atoms with Crippen LogP contribution in [-0.2, 0) is 19.1 Å². The topological polar surface area (TPSA) is 118 Å². The van der Waals surface area contributed by atoms with Crippen LogP contribution in [0.3, 0.4) is 0 Å². The molecule has 1 aromatic carbocycles. The number of nitrogens with zero attached hydrogens (tertiary/aromatic N) is 2. The van der Waals surface area contributed by atoms with Crippen LogP contribution >= 0.6 is 11.3 Å². The van der Waals surface area contributed by atoms with Crippen LogP contribution in [0.2, 0.25) is 0 Å². The van der Waals surface area contributed by atoms with E-state index < -0.39 is 42.0 Å². The number of carbonyl (C=O) groups is 4. The number of imide groups is 1. The van der Waals surface area contributed by atoms with E-state index in [9.17, 15) is 19.2 Å². The molecular formula is C25H30N4O5S. The molecule has 1 aliphatic heterocycles. The number of urea groups is 1. The maximum Gasteiger partial charge on any atom is 0.327 e. The molecule has 3 unspecified atom stereocenters. The Kier molecular flexibility index (Phi) is 6.68. The summed E-state index contributed by atoms with van der Waals surface area (Å²) in [5, 5.41) is 7.67. The molecular weight excluding hydrogens is 468 g/mol. The van der Waals surface area contributed by atoms with E-state index in [1.54, 1.807) is 0 Å². The van der Waals surface area contributed by atoms with Crippen molar-refractivity contribution in [3.63, 3.8) is 0 Å². The summed E-state index contributed by atoms with van der Waals surface area (Å²) in [5.74, 6) is -1.54. The largest absolute Gasteiger partial charge is 0.451 e. The Morgan fingerprint density at radius 2 is 1.97 bits per heavy atom. The van der Waals surface area contributed by atoms with Crippen molar-refractivity contribution in [3.8, 4) is 11.3 Å². The summed E-state index contributed by atoms with van der Waals surface area (Å²) < 4.78 is 5.22. The number of aromatic nitrogens is 1. The lowest BCUT2D eigenvalue weighted by molar-refractivity contribution is -0.155. The normalized spacial score (nSPS) is 24.2. The fourth-order valence-corrected chi connectivity index (χ4v) is 6.07. The van der Waals surface area contributed by atoms with Gasteiger partial charge in [-0.2, -0.15) is 0 Å². The van der Waals surface area contributed by atoms with E-state index in [1.165, 1.54) is 18.3 Å². The minimum absolute atomic E-state index is 0.111. The molecule has 2 heterocycles. The van der Waals surface area contributed by atoms with Crippen molar-refractivity contribution in [2.24, 2.45) is 11.3 Å². The molecule has 9 nitrogen and oxygen atoms in total. The van der Waals surface area contributed by atoms with Gasteiger partial charge in [-0.15, -0.1) is 11.3 Å². The summed E-state index contributed by atoms with van der Waals surface area (Å²) in [6.45, 7) is 7.09. The molecule has 0 radical (unpaired) electrons. The second-order valence-corrected chi connectivity index (χ2v) is 11.1. The molecule has 1 saturated heterocycles. The van der Waals surface area contributed by atoms with Gasteiger partial charge in [0.25, 0.3) is 11.8 Å². The molecule has 1 saturated carbocycles. The Morgan fingerprint density at radius 1 is 1.26 bits per heavy atom. The van der Waals surface area contributed by atoms with E-state index in [2.05, 4.69) is 36.4 Å². The van der Waals surface area contributed by atoms with Gasteiger partial charge >= 0.3 is 12.0 Å². The number of rotatable bonds is 6. The molecule has 2 aliphatic rings. The number of anilines is 1. The maximum absolute atomic E-state index is 13.2. The predicted molar refractivity (Wildman–Crippen MR) is 132 cm³/mol. The van der Waals surface area contributed by atoms with Gasteiger partial charge in [0.1, 0.15) is 12.1 Å². The first-order chi connectivity index (χ1) is 16.5. The van der Waals surface area contributed by atoms with Gasteiger partial charge in [0.15, 0.2) is 11.2 Å². The minimum atomic E-state index is -1.13. The molecule has 35 heavy (non-hydrogen) atoms. The van der Waals surface area contributed by atoms with Crippen LogP contribution in [0.5, 0.6) is 0 Å². The lowest BCUT2D eigenvalue weighted by atomic mass is 9.64. The van der Waals surface area contributed by atoms with E-state index >= 15 is 0 Å². The van der Waals surface area contributed by atoms with E-state index in [0.717, 1.165) is 22.6 Å². The highest BCUT2D eigenvalue weighted by Crippen LogP contribution is 2.46. The van der Waals surface area contributed by atoms with Crippen molar-refractivity contribution >= 4 is 40.3 Å². The van der Waals surface area contributed by atoms with Crippen LogP contribution in [-0.4, -0.2) is 51.9 Å². The van der Waals surface area contributed by atoms with Crippen LogP contribution < -0.4 is 10.6 Å². The summed E-state index contributed by atoms with van der Waals surface area (Å²) in [6, 6.07) is 8.93. The molecule has 4 amide bonds. The molecule has 4 rings (SSSR count). The Balaban J connectivity index is 1.33. The fourth-order valence-electron chi connectivity index (χ4n) is 5.35. The van der Waals surface area contributed by atoms with E-state index in [0.29, 0.717) is 18.0 Å². The molecule has 10 heteroatoms. The molecule has 2 N–H and O–H groups in total. The first kappa shape index (κ1) is 24.8. The third kappa shape index (κ3) is 5.37. The number of thiazole rings is 1. The first-order valence-corrected chi connectivity index (χ1v) is 12.5. The monoisotopic (exact) mass is 498 g/mol. The minimum Gasteiger partial charge on any atom is -0.451 e. The molecule has 0 bridgehead atoms. The van der Waals surface area contributed by atoms with Gasteiger partial charge in [-0.25, -0.2) is 9.78 Å². The number of amides is 4. The summed E-state index contributed by atoms with van der Waals surface area (Å²) in [4.78, 5) is 56.1. The third-order valence-corrected chi connectivity index (χ3v) is 7.15. The predicted octanol–water partition coefficient (Wildman–Crippen LogP) is 3.82. The van der Waals surface area contributed by atoms with Crippen molar-refractivity contribution in [3.05, 3.63) is 35.7 Å². The summed E-state index contributed by atoms with van der Waals surface area (Å²) in [6.07, 6.45) is 0.871. The van der Waals surface area contributed by atoms with Crippen molar-refractivity contribution in [1.29, 1.82) is 0 Å². The zero-order valence-electron chi connectivity index (χ0n) is 20.3. The Bertz CT molecular complexity index is 1150. The van der Waals surface area contributed by atoms with Crippen molar-refractivity contribution in [2.45, 2.75) is 58.6 Å². The number of carbonyl (C=O) groups excluding carboxylic acids is 4.